The number of nitrogens with zero attached hydrogens (tertiary/aromatic N) is 3. The van der Waals surface area contributed by atoms with Crippen LogP contribution in [0.2, 0.25) is 0 Å². The summed E-state index contributed by atoms with van der Waals surface area (Å²) < 4.78 is 1.78. The van der Waals surface area contributed by atoms with Crippen molar-refractivity contribution in [2.24, 2.45) is 0 Å². The predicted octanol–water partition coefficient (Wildman–Crippen LogP) is 1.83. The van der Waals surface area contributed by atoms with Crippen molar-refractivity contribution in [2.45, 2.75) is 32.4 Å². The summed E-state index contributed by atoms with van der Waals surface area (Å²) in [4.78, 5) is 4.57. The summed E-state index contributed by atoms with van der Waals surface area (Å²) in [5.41, 5.74) is 2.35. The van der Waals surface area contributed by atoms with Gasteiger partial charge in [0.15, 0.2) is 5.82 Å². The van der Waals surface area contributed by atoms with Gasteiger partial charge in [-0.2, -0.15) is 5.10 Å². The third kappa shape index (κ3) is 2.36. The van der Waals surface area contributed by atoms with Crippen LogP contribution in [0.4, 0.5) is 0 Å². The highest BCUT2D eigenvalue weighted by Crippen LogP contribution is 2.19. The van der Waals surface area contributed by atoms with Gasteiger partial charge >= 0.3 is 0 Å². The molecule has 0 radical (unpaired) electrons. The average molecular weight is 228 g/mol. The maximum atomic E-state index is 4.57. The molecule has 1 aliphatic rings. The van der Waals surface area contributed by atoms with Crippen molar-refractivity contribution in [3.05, 3.63) is 41.9 Å². The normalized spacial score (nSPS) is 15.1. The van der Waals surface area contributed by atoms with Gasteiger partial charge in [-0.05, 0) is 37.5 Å². The van der Waals surface area contributed by atoms with Crippen LogP contribution in [0.3, 0.4) is 0 Å². The van der Waals surface area contributed by atoms with Crippen LogP contribution in [0.25, 0.3) is 5.82 Å². The van der Waals surface area contributed by atoms with Gasteiger partial charge in [-0.15, -0.1) is 0 Å². The van der Waals surface area contributed by atoms with E-state index in [0.717, 1.165) is 24.1 Å². The van der Waals surface area contributed by atoms with Gasteiger partial charge in [0.25, 0.3) is 0 Å². The number of hydrogen-bond acceptors (Lipinski definition) is 3. The molecule has 2 aromatic rings. The smallest absolute Gasteiger partial charge is 0.153 e. The Morgan fingerprint density at radius 2 is 2.29 bits per heavy atom. The monoisotopic (exact) mass is 228 g/mol. The molecule has 0 spiro atoms. The molecule has 0 aliphatic heterocycles. The van der Waals surface area contributed by atoms with Crippen LogP contribution in [0.15, 0.2) is 30.6 Å². The Labute approximate surface area is 101 Å². The van der Waals surface area contributed by atoms with Crippen molar-refractivity contribution in [3.63, 3.8) is 0 Å². The second-order valence-electron chi connectivity index (χ2n) is 4.52. The van der Waals surface area contributed by atoms with Crippen LogP contribution < -0.4 is 5.32 Å². The molecule has 17 heavy (non-hydrogen) atoms. The molecule has 4 nitrogen and oxygen atoms in total. The largest absolute Gasteiger partial charge is 0.310 e. The number of rotatable bonds is 4. The molecular formula is C13H16N4. The van der Waals surface area contributed by atoms with Crippen LogP contribution in [-0.4, -0.2) is 20.8 Å². The SMILES string of the molecule is Cc1nc(-n2cccn2)ccc1CNC1CC1. The summed E-state index contributed by atoms with van der Waals surface area (Å²) in [6, 6.07) is 6.79. The van der Waals surface area contributed by atoms with Crippen molar-refractivity contribution in [1.82, 2.24) is 20.1 Å². The number of pyridine rings is 1. The molecule has 0 atom stereocenters. The third-order valence-electron chi connectivity index (χ3n) is 3.08. The van der Waals surface area contributed by atoms with E-state index in [1.807, 2.05) is 18.3 Å². The molecule has 0 saturated heterocycles. The zero-order chi connectivity index (χ0) is 11.7. The van der Waals surface area contributed by atoms with Crippen molar-refractivity contribution in [1.29, 1.82) is 0 Å². The molecule has 1 N–H and O–H groups in total. The molecule has 2 heterocycles. The Kier molecular flexibility index (Phi) is 2.65. The van der Waals surface area contributed by atoms with Gasteiger partial charge in [-0.25, -0.2) is 9.67 Å². The van der Waals surface area contributed by atoms with Gasteiger partial charge in [0.2, 0.25) is 0 Å². The molecule has 0 amide bonds. The Morgan fingerprint density at radius 1 is 1.41 bits per heavy atom. The van der Waals surface area contributed by atoms with Crippen LogP contribution in [0.5, 0.6) is 0 Å². The molecule has 0 unspecified atom stereocenters. The van der Waals surface area contributed by atoms with E-state index in [2.05, 4.69) is 28.4 Å². The minimum atomic E-state index is 0.736. The van der Waals surface area contributed by atoms with Crippen molar-refractivity contribution >= 4 is 0 Å². The highest BCUT2D eigenvalue weighted by molar-refractivity contribution is 5.29. The fourth-order valence-electron chi connectivity index (χ4n) is 1.84. The standard InChI is InChI=1S/C13H16N4/c1-10-11(9-14-12-4-5-12)3-6-13(16-10)17-8-2-7-15-17/h2-3,6-8,12,14H,4-5,9H2,1H3. The predicted molar refractivity (Wildman–Crippen MR) is 66.0 cm³/mol. The molecular weight excluding hydrogens is 212 g/mol. The quantitative estimate of drug-likeness (QED) is 0.868. The van der Waals surface area contributed by atoms with E-state index in [-0.39, 0.29) is 0 Å². The summed E-state index contributed by atoms with van der Waals surface area (Å²) in [7, 11) is 0. The lowest BCUT2D eigenvalue weighted by Crippen LogP contribution is -2.16. The second-order valence-corrected chi connectivity index (χ2v) is 4.52. The average Bonchev–Trinajstić information content (AvgIpc) is 3.00. The number of nitrogens with one attached hydrogen (secondary N) is 1. The summed E-state index contributed by atoms with van der Waals surface area (Å²) in [5, 5.41) is 7.69. The number of hydrogen-bond donors (Lipinski definition) is 1. The summed E-state index contributed by atoms with van der Waals surface area (Å²) >= 11 is 0. The molecule has 1 aliphatic carbocycles. The number of aryl methyl sites for hydroxylation is 1. The van der Waals surface area contributed by atoms with Crippen LogP contribution in [-0.2, 0) is 6.54 Å². The van der Waals surface area contributed by atoms with Crippen molar-refractivity contribution in [3.8, 4) is 5.82 Å². The molecule has 3 rings (SSSR count). The summed E-state index contributed by atoms with van der Waals surface area (Å²) in [6.45, 7) is 2.97. The van der Waals surface area contributed by atoms with Gasteiger partial charge in [-0.3, -0.25) is 0 Å². The Balaban J connectivity index is 1.78. The molecule has 0 bridgehead atoms. The fraction of sp³-hybridized carbons (Fsp3) is 0.385. The minimum Gasteiger partial charge on any atom is -0.310 e. The first-order valence-electron chi connectivity index (χ1n) is 6.03. The lowest BCUT2D eigenvalue weighted by atomic mass is 10.2. The number of aromatic nitrogens is 3. The van der Waals surface area contributed by atoms with E-state index < -0.39 is 0 Å². The fourth-order valence-corrected chi connectivity index (χ4v) is 1.84. The van der Waals surface area contributed by atoms with Crippen molar-refractivity contribution in [2.75, 3.05) is 0 Å². The molecule has 88 valence electrons. The first-order valence-corrected chi connectivity index (χ1v) is 6.03. The molecule has 2 aromatic heterocycles. The minimum absolute atomic E-state index is 0.736. The Bertz CT molecular complexity index is 500. The van der Waals surface area contributed by atoms with E-state index in [4.69, 9.17) is 0 Å². The molecule has 1 saturated carbocycles. The van der Waals surface area contributed by atoms with Crippen LogP contribution >= 0.6 is 0 Å². The van der Waals surface area contributed by atoms with Crippen LogP contribution in [0.1, 0.15) is 24.1 Å². The Hall–Kier alpha value is -1.68. The molecule has 4 heteroatoms. The first kappa shape index (κ1) is 10.5. The van der Waals surface area contributed by atoms with Gasteiger partial charge in [0.1, 0.15) is 0 Å². The summed E-state index contributed by atoms with van der Waals surface area (Å²) in [6.07, 6.45) is 6.30. The Morgan fingerprint density at radius 3 is 2.94 bits per heavy atom. The first-order chi connectivity index (χ1) is 8.33. The summed E-state index contributed by atoms with van der Waals surface area (Å²) in [5.74, 6) is 0.877. The third-order valence-corrected chi connectivity index (χ3v) is 3.08. The highest BCUT2D eigenvalue weighted by Gasteiger charge is 2.20. The van der Waals surface area contributed by atoms with E-state index >= 15 is 0 Å². The van der Waals surface area contributed by atoms with E-state index in [1.165, 1.54) is 18.4 Å². The highest BCUT2D eigenvalue weighted by atomic mass is 15.3. The lowest BCUT2D eigenvalue weighted by Gasteiger charge is -2.08. The van der Waals surface area contributed by atoms with Gasteiger partial charge in [-0.1, -0.05) is 6.07 Å². The van der Waals surface area contributed by atoms with Gasteiger partial charge < -0.3 is 5.32 Å². The van der Waals surface area contributed by atoms with E-state index in [9.17, 15) is 0 Å². The zero-order valence-electron chi connectivity index (χ0n) is 9.93. The van der Waals surface area contributed by atoms with Gasteiger partial charge in [0.05, 0.1) is 0 Å². The van der Waals surface area contributed by atoms with Crippen LogP contribution in [0, 0.1) is 6.92 Å². The van der Waals surface area contributed by atoms with E-state index in [1.54, 1.807) is 10.9 Å². The maximum Gasteiger partial charge on any atom is 0.153 e. The second kappa shape index (κ2) is 4.30. The van der Waals surface area contributed by atoms with E-state index in [0.29, 0.717) is 0 Å². The molecule has 1 fully saturated rings. The zero-order valence-corrected chi connectivity index (χ0v) is 9.93. The molecule has 0 aromatic carbocycles. The maximum absolute atomic E-state index is 4.57. The van der Waals surface area contributed by atoms with Crippen molar-refractivity contribution < 1.29 is 0 Å². The topological polar surface area (TPSA) is 42.7 Å². The lowest BCUT2D eigenvalue weighted by molar-refractivity contribution is 0.681. The van der Waals surface area contributed by atoms with Gasteiger partial charge in [0, 0.05) is 30.7 Å².